The average Bonchev–Trinajstić information content (AvgIpc) is 3.52. The van der Waals surface area contributed by atoms with Gasteiger partial charge in [0.2, 0.25) is 0 Å². The average molecular weight is 512 g/mol. The lowest BCUT2D eigenvalue weighted by atomic mass is 9.79. The molecule has 4 atom stereocenters. The van der Waals surface area contributed by atoms with Crippen LogP contribution in [0.25, 0.3) is 10.9 Å². The quantitative estimate of drug-likeness (QED) is 0.398. The van der Waals surface area contributed by atoms with E-state index in [0.717, 1.165) is 33.4 Å². The first-order chi connectivity index (χ1) is 18.5. The van der Waals surface area contributed by atoms with Crippen LogP contribution < -0.4 is 4.74 Å². The Hall–Kier alpha value is -4.17. The monoisotopic (exact) mass is 511 g/mol. The summed E-state index contributed by atoms with van der Waals surface area (Å²) in [7, 11) is 4.41. The van der Waals surface area contributed by atoms with E-state index in [0.29, 0.717) is 12.2 Å². The number of aromatic amines is 1. The van der Waals surface area contributed by atoms with Crippen molar-refractivity contribution in [3.05, 3.63) is 95.4 Å². The Bertz CT molecular complexity index is 1500. The number of H-pyrrole nitrogens is 1. The molecule has 8 nitrogen and oxygen atoms in total. The number of nitrogens with zero attached hydrogens (tertiary/aromatic N) is 2. The van der Waals surface area contributed by atoms with Crippen LogP contribution in [0.15, 0.2) is 72.9 Å². The predicted octanol–water partition coefficient (Wildman–Crippen LogP) is 4.37. The summed E-state index contributed by atoms with van der Waals surface area (Å²) in [5.74, 6) is -0.636. The maximum atomic E-state index is 13.9. The minimum atomic E-state index is -1.11. The van der Waals surface area contributed by atoms with Crippen molar-refractivity contribution in [2.24, 2.45) is 5.92 Å². The van der Waals surface area contributed by atoms with Crippen molar-refractivity contribution in [2.45, 2.75) is 30.5 Å². The highest BCUT2D eigenvalue weighted by atomic mass is 16.5. The fourth-order valence-corrected chi connectivity index (χ4v) is 6.52. The van der Waals surface area contributed by atoms with E-state index in [4.69, 9.17) is 19.2 Å². The number of rotatable bonds is 5. The Morgan fingerprint density at radius 1 is 0.974 bits per heavy atom. The van der Waals surface area contributed by atoms with Crippen LogP contribution in [0.5, 0.6) is 5.75 Å². The molecule has 0 saturated carbocycles. The van der Waals surface area contributed by atoms with Crippen molar-refractivity contribution in [1.29, 1.82) is 0 Å². The second kappa shape index (κ2) is 9.29. The third kappa shape index (κ3) is 3.51. The van der Waals surface area contributed by atoms with Crippen molar-refractivity contribution in [1.82, 2.24) is 14.9 Å². The van der Waals surface area contributed by atoms with Gasteiger partial charge in [0.15, 0.2) is 0 Å². The topological polar surface area (TPSA) is 93.8 Å². The number of carbonyl (C=O) groups excluding carboxylic acids is 2. The molecule has 1 N–H and O–H groups in total. The molecule has 2 aliphatic rings. The summed E-state index contributed by atoms with van der Waals surface area (Å²) in [5, 5.41) is 1.05. The van der Waals surface area contributed by atoms with Crippen LogP contribution in [-0.2, 0) is 25.5 Å². The summed E-state index contributed by atoms with van der Waals surface area (Å²) in [6.07, 6.45) is 2.40. The van der Waals surface area contributed by atoms with Crippen molar-refractivity contribution >= 4 is 22.8 Å². The number of carbonyl (C=O) groups is 2. The van der Waals surface area contributed by atoms with Crippen LogP contribution in [0.4, 0.5) is 0 Å². The van der Waals surface area contributed by atoms with Crippen LogP contribution in [0.2, 0.25) is 0 Å². The van der Waals surface area contributed by atoms with Gasteiger partial charge in [-0.2, -0.15) is 0 Å². The summed E-state index contributed by atoms with van der Waals surface area (Å²) in [5.41, 5.74) is 3.54. The molecule has 6 rings (SSSR count). The number of pyridine rings is 1. The molecule has 0 aliphatic carbocycles. The lowest BCUT2D eigenvalue weighted by Gasteiger charge is -2.47. The van der Waals surface area contributed by atoms with Gasteiger partial charge in [-0.1, -0.05) is 36.4 Å². The zero-order valence-electron chi connectivity index (χ0n) is 21.5. The predicted molar refractivity (Wildman–Crippen MR) is 141 cm³/mol. The second-order valence-electron chi connectivity index (χ2n) is 9.88. The van der Waals surface area contributed by atoms with E-state index in [1.807, 2.05) is 60.7 Å². The largest absolute Gasteiger partial charge is 0.497 e. The van der Waals surface area contributed by atoms with E-state index in [1.54, 1.807) is 13.3 Å². The van der Waals surface area contributed by atoms with Gasteiger partial charge in [0.05, 0.1) is 45.0 Å². The lowest BCUT2D eigenvalue weighted by molar-refractivity contribution is -0.157. The van der Waals surface area contributed by atoms with E-state index in [2.05, 4.69) is 16.0 Å². The number of benzene rings is 2. The van der Waals surface area contributed by atoms with Crippen LogP contribution in [0.3, 0.4) is 0 Å². The van der Waals surface area contributed by atoms with E-state index < -0.39 is 23.5 Å². The molecule has 0 spiro atoms. The smallest absolute Gasteiger partial charge is 0.326 e. The first kappa shape index (κ1) is 24.2. The molecule has 194 valence electrons. The number of hydrogen-bond acceptors (Lipinski definition) is 7. The fourth-order valence-electron chi connectivity index (χ4n) is 6.52. The van der Waals surface area contributed by atoms with E-state index in [-0.39, 0.29) is 18.4 Å². The number of aromatic nitrogens is 2. The van der Waals surface area contributed by atoms with Gasteiger partial charge in [-0.05, 0) is 47.9 Å². The van der Waals surface area contributed by atoms with E-state index in [9.17, 15) is 9.59 Å². The maximum absolute atomic E-state index is 13.9. The molecule has 1 fully saturated rings. The molecule has 2 aromatic heterocycles. The zero-order valence-corrected chi connectivity index (χ0v) is 21.5. The number of para-hydroxylation sites is 1. The second-order valence-corrected chi connectivity index (χ2v) is 9.88. The summed E-state index contributed by atoms with van der Waals surface area (Å²) >= 11 is 0. The van der Waals surface area contributed by atoms with Gasteiger partial charge in [0.25, 0.3) is 0 Å². The summed E-state index contributed by atoms with van der Waals surface area (Å²) in [6.45, 7) is 0. The number of nitrogens with one attached hydrogen (secondary N) is 1. The number of esters is 2. The van der Waals surface area contributed by atoms with Gasteiger partial charge in [-0.25, -0.2) is 0 Å². The maximum Gasteiger partial charge on any atom is 0.326 e. The Labute approximate surface area is 220 Å². The summed E-state index contributed by atoms with van der Waals surface area (Å²) < 4.78 is 16.2. The third-order valence-electron chi connectivity index (χ3n) is 8.09. The molecule has 8 heteroatoms. The molecule has 0 amide bonds. The van der Waals surface area contributed by atoms with Gasteiger partial charge >= 0.3 is 11.9 Å². The van der Waals surface area contributed by atoms with Gasteiger partial charge in [-0.3, -0.25) is 19.5 Å². The van der Waals surface area contributed by atoms with E-state index in [1.165, 1.54) is 14.2 Å². The highest BCUT2D eigenvalue weighted by Gasteiger charge is 2.64. The van der Waals surface area contributed by atoms with Crippen LogP contribution in [-0.4, -0.2) is 53.7 Å². The Morgan fingerprint density at radius 2 is 1.74 bits per heavy atom. The molecule has 0 bridgehead atoms. The highest BCUT2D eigenvalue weighted by molar-refractivity contribution is 5.90. The van der Waals surface area contributed by atoms with E-state index >= 15 is 0 Å². The van der Waals surface area contributed by atoms with Crippen LogP contribution in [0.1, 0.15) is 41.0 Å². The SMILES string of the molecule is COC(=O)[C@@H]1C[C@@]2(C(=O)OC)Cc3c([nH]c4ccccc34)C(c3ccccn3)N2[C@@H]1c1ccc(OC)cc1. The van der Waals surface area contributed by atoms with Gasteiger partial charge in [0.1, 0.15) is 11.3 Å². The van der Waals surface area contributed by atoms with Crippen LogP contribution in [0, 0.1) is 5.92 Å². The molecule has 2 aliphatic heterocycles. The zero-order chi connectivity index (χ0) is 26.4. The molecular formula is C30H29N3O5. The van der Waals surface area contributed by atoms with Gasteiger partial charge in [0, 0.05) is 29.2 Å². The lowest BCUT2D eigenvalue weighted by Crippen LogP contribution is -2.57. The van der Waals surface area contributed by atoms with Crippen molar-refractivity contribution in [2.75, 3.05) is 21.3 Å². The number of hydrogen-bond donors (Lipinski definition) is 1. The highest BCUT2D eigenvalue weighted by Crippen LogP contribution is 2.58. The standard InChI is InChI=1S/C30H29N3O5/c1-36-19-13-11-18(12-14-19)26-22(28(34)37-2)17-30(29(35)38-3)16-21-20-8-4-5-9-23(20)32-25(21)27(33(26)30)24-10-6-7-15-31-24/h4-15,22,26-27,32H,16-17H2,1-3H3/t22-,26-,27?,30-/m1/s1. The van der Waals surface area contributed by atoms with Crippen molar-refractivity contribution in [3.8, 4) is 5.75 Å². The molecular weight excluding hydrogens is 482 g/mol. The van der Waals surface area contributed by atoms with Crippen molar-refractivity contribution < 1.29 is 23.8 Å². The summed E-state index contributed by atoms with van der Waals surface area (Å²) in [6, 6.07) is 20.6. The molecule has 38 heavy (non-hydrogen) atoms. The fraction of sp³-hybridized carbons (Fsp3) is 0.300. The molecule has 2 aromatic carbocycles. The van der Waals surface area contributed by atoms with Crippen molar-refractivity contribution in [3.63, 3.8) is 0 Å². The number of methoxy groups -OCH3 is 3. The Morgan fingerprint density at radius 3 is 2.42 bits per heavy atom. The molecule has 1 unspecified atom stereocenters. The normalized spacial score (nSPS) is 24.4. The first-order valence-corrected chi connectivity index (χ1v) is 12.6. The van der Waals surface area contributed by atoms with Crippen LogP contribution >= 0.6 is 0 Å². The Kier molecular flexibility index (Phi) is 5.91. The molecule has 0 radical (unpaired) electrons. The minimum absolute atomic E-state index is 0.255. The Balaban J connectivity index is 1.65. The molecule has 1 saturated heterocycles. The van der Waals surface area contributed by atoms with Gasteiger partial charge in [-0.15, -0.1) is 0 Å². The summed E-state index contributed by atoms with van der Waals surface area (Å²) in [4.78, 5) is 37.7. The molecule has 4 heterocycles. The minimum Gasteiger partial charge on any atom is -0.497 e. The third-order valence-corrected chi connectivity index (χ3v) is 8.09. The van der Waals surface area contributed by atoms with Gasteiger partial charge < -0.3 is 19.2 Å². The molecule has 4 aromatic rings. The number of fused-ring (bicyclic) bond motifs is 4. The first-order valence-electron chi connectivity index (χ1n) is 12.6. The number of ether oxygens (including phenoxy) is 3.